The monoisotopic (exact) mass is 212 g/mol. The summed E-state index contributed by atoms with van der Waals surface area (Å²) >= 11 is 7.05. The zero-order chi connectivity index (χ0) is 9.31. The maximum atomic E-state index is 5.08. The summed E-state index contributed by atoms with van der Waals surface area (Å²) in [5.41, 5.74) is 0. The third-order valence-corrected chi connectivity index (χ3v) is 4.16. The lowest BCUT2D eigenvalue weighted by atomic mass is 10.1. The first-order chi connectivity index (χ1) is 6.21. The molecule has 0 spiro atoms. The van der Waals surface area contributed by atoms with Gasteiger partial charge >= 0.3 is 0 Å². The Bertz CT molecular complexity index is 353. The van der Waals surface area contributed by atoms with Crippen molar-refractivity contribution in [2.24, 2.45) is 0 Å². The second-order valence-corrected chi connectivity index (χ2v) is 5.50. The maximum absolute atomic E-state index is 5.08. The molecule has 2 nitrogen and oxygen atoms in total. The molecule has 2 heterocycles. The number of thioether (sulfide) groups is 1. The topological polar surface area (TPSA) is 28.7 Å². The van der Waals surface area contributed by atoms with E-state index < -0.39 is 0 Å². The molecule has 2 rings (SSSR count). The minimum Gasteiger partial charge on any atom is -0.334 e. The summed E-state index contributed by atoms with van der Waals surface area (Å²) in [5, 5.41) is 0. The van der Waals surface area contributed by atoms with E-state index in [0.29, 0.717) is 0 Å². The van der Waals surface area contributed by atoms with Crippen molar-refractivity contribution in [1.82, 2.24) is 9.97 Å². The van der Waals surface area contributed by atoms with Crippen LogP contribution in [-0.4, -0.2) is 15.7 Å². The first-order valence-electron chi connectivity index (χ1n) is 4.40. The number of hydrogen-bond acceptors (Lipinski definition) is 3. The quantitative estimate of drug-likeness (QED) is 0.726. The van der Waals surface area contributed by atoms with Gasteiger partial charge in [0.15, 0.2) is 0 Å². The fraction of sp³-hybridized carbons (Fsp3) is 0.556. The number of hydrogen-bond donors (Lipinski definition) is 1. The molecule has 0 aliphatic carbocycles. The van der Waals surface area contributed by atoms with E-state index in [4.69, 9.17) is 12.2 Å². The Labute approximate surface area is 87.2 Å². The molecule has 1 atom stereocenters. The lowest BCUT2D eigenvalue weighted by molar-refractivity contribution is 0.603. The Balaban J connectivity index is 2.39. The molecule has 1 fully saturated rings. The van der Waals surface area contributed by atoms with Crippen molar-refractivity contribution in [2.45, 2.75) is 24.5 Å². The second-order valence-electron chi connectivity index (χ2n) is 3.47. The average Bonchev–Trinajstić information content (AvgIpc) is 2.54. The predicted molar refractivity (Wildman–Crippen MR) is 58.5 cm³/mol. The largest absolute Gasteiger partial charge is 0.334 e. The Hall–Kier alpha value is -0.350. The molecule has 1 aliphatic rings. The van der Waals surface area contributed by atoms with Crippen molar-refractivity contribution in [1.29, 1.82) is 0 Å². The van der Waals surface area contributed by atoms with Crippen molar-refractivity contribution in [3.05, 3.63) is 22.7 Å². The molecule has 4 heteroatoms. The molecule has 13 heavy (non-hydrogen) atoms. The summed E-state index contributed by atoms with van der Waals surface area (Å²) in [6, 6.07) is 1.82. The van der Waals surface area contributed by atoms with Crippen molar-refractivity contribution < 1.29 is 0 Å². The Morgan fingerprint density at radius 3 is 3.15 bits per heavy atom. The molecule has 0 aromatic carbocycles. The maximum Gasteiger partial charge on any atom is 0.122 e. The molecule has 70 valence electrons. The van der Waals surface area contributed by atoms with Crippen LogP contribution in [0, 0.1) is 4.64 Å². The van der Waals surface area contributed by atoms with Crippen LogP contribution in [-0.2, 0) is 4.75 Å². The van der Waals surface area contributed by atoms with Crippen LogP contribution in [0.5, 0.6) is 0 Å². The van der Waals surface area contributed by atoms with E-state index in [-0.39, 0.29) is 4.75 Å². The zero-order valence-corrected chi connectivity index (χ0v) is 9.17. The van der Waals surface area contributed by atoms with Gasteiger partial charge in [0.2, 0.25) is 0 Å². The predicted octanol–water partition coefficient (Wildman–Crippen LogP) is 2.88. The average molecular weight is 212 g/mol. The van der Waals surface area contributed by atoms with Gasteiger partial charge in [-0.25, -0.2) is 4.98 Å². The molecule has 1 N–H and O–H groups in total. The number of H-pyrrole nitrogens is 1. The van der Waals surface area contributed by atoms with E-state index in [1.54, 1.807) is 6.20 Å². The molecule has 1 saturated heterocycles. The second kappa shape index (κ2) is 3.42. The van der Waals surface area contributed by atoms with Crippen LogP contribution in [0.3, 0.4) is 0 Å². The third-order valence-electron chi connectivity index (χ3n) is 2.39. The van der Waals surface area contributed by atoms with Gasteiger partial charge < -0.3 is 4.98 Å². The Morgan fingerprint density at radius 1 is 1.69 bits per heavy atom. The van der Waals surface area contributed by atoms with Gasteiger partial charge in [0, 0.05) is 6.20 Å². The first kappa shape index (κ1) is 9.21. The summed E-state index contributed by atoms with van der Waals surface area (Å²) in [7, 11) is 0. The van der Waals surface area contributed by atoms with Crippen LogP contribution in [0.2, 0.25) is 0 Å². The van der Waals surface area contributed by atoms with Crippen molar-refractivity contribution in [3.8, 4) is 0 Å². The smallest absolute Gasteiger partial charge is 0.122 e. The van der Waals surface area contributed by atoms with Gasteiger partial charge in [-0.3, -0.25) is 0 Å². The van der Waals surface area contributed by atoms with Crippen LogP contribution in [0.25, 0.3) is 0 Å². The van der Waals surface area contributed by atoms with Crippen LogP contribution in [0.4, 0.5) is 0 Å². The molecular weight excluding hydrogens is 200 g/mol. The molecule has 0 saturated carbocycles. The van der Waals surface area contributed by atoms with Crippen molar-refractivity contribution >= 4 is 24.0 Å². The van der Waals surface area contributed by atoms with E-state index in [0.717, 1.165) is 10.5 Å². The first-order valence-corrected chi connectivity index (χ1v) is 5.80. The molecular formula is C9H12N2S2. The highest BCUT2D eigenvalue weighted by molar-refractivity contribution is 8.00. The molecule has 1 aromatic rings. The van der Waals surface area contributed by atoms with Crippen LogP contribution in [0.15, 0.2) is 12.3 Å². The van der Waals surface area contributed by atoms with Gasteiger partial charge in [-0.1, -0.05) is 12.2 Å². The molecule has 0 amide bonds. The summed E-state index contributed by atoms with van der Waals surface area (Å²) < 4.78 is 0.938. The minimum atomic E-state index is 0.162. The van der Waals surface area contributed by atoms with Gasteiger partial charge in [-0.05, 0) is 31.6 Å². The van der Waals surface area contributed by atoms with E-state index in [9.17, 15) is 0 Å². The van der Waals surface area contributed by atoms with E-state index in [1.165, 1.54) is 18.6 Å². The summed E-state index contributed by atoms with van der Waals surface area (Å²) in [5.74, 6) is 2.26. The number of aromatic nitrogens is 2. The van der Waals surface area contributed by atoms with Crippen LogP contribution in [0.1, 0.15) is 25.6 Å². The number of nitrogens with one attached hydrogen (secondary N) is 1. The fourth-order valence-corrected chi connectivity index (χ4v) is 3.03. The molecule has 0 radical (unpaired) electrons. The lowest BCUT2D eigenvalue weighted by Gasteiger charge is -2.20. The summed E-state index contributed by atoms with van der Waals surface area (Å²) in [4.78, 5) is 7.52. The molecule has 1 aliphatic heterocycles. The Kier molecular flexibility index (Phi) is 2.43. The van der Waals surface area contributed by atoms with Crippen LogP contribution >= 0.6 is 24.0 Å². The zero-order valence-electron chi connectivity index (χ0n) is 7.54. The van der Waals surface area contributed by atoms with Gasteiger partial charge in [0.05, 0.1) is 4.75 Å². The lowest BCUT2D eigenvalue weighted by Crippen LogP contribution is -2.16. The van der Waals surface area contributed by atoms with Crippen molar-refractivity contribution in [3.63, 3.8) is 0 Å². The highest BCUT2D eigenvalue weighted by Crippen LogP contribution is 2.44. The molecule has 1 aromatic heterocycles. The summed E-state index contributed by atoms with van der Waals surface area (Å²) in [6.07, 6.45) is 4.26. The van der Waals surface area contributed by atoms with Crippen LogP contribution < -0.4 is 0 Å². The highest BCUT2D eigenvalue weighted by atomic mass is 32.2. The SMILES string of the molecule is CC1(c2nccc(=S)[nH]2)CCCS1. The summed E-state index contributed by atoms with van der Waals surface area (Å²) in [6.45, 7) is 2.23. The van der Waals surface area contributed by atoms with Gasteiger partial charge in [0.25, 0.3) is 0 Å². The van der Waals surface area contributed by atoms with Gasteiger partial charge in [-0.2, -0.15) is 0 Å². The third kappa shape index (κ3) is 1.79. The normalized spacial score (nSPS) is 27.8. The minimum absolute atomic E-state index is 0.162. The van der Waals surface area contributed by atoms with E-state index in [2.05, 4.69) is 16.9 Å². The number of aromatic amines is 1. The standard InChI is InChI=1S/C9H12N2S2/c1-9(4-2-6-13-9)8-10-5-3-7(12)11-8/h3,5H,2,4,6H2,1H3,(H,10,11,12). The van der Waals surface area contributed by atoms with Gasteiger partial charge in [0.1, 0.15) is 10.5 Å². The van der Waals surface area contributed by atoms with E-state index in [1.807, 2.05) is 17.8 Å². The number of nitrogens with zero attached hydrogens (tertiary/aromatic N) is 1. The number of rotatable bonds is 1. The Morgan fingerprint density at radius 2 is 2.54 bits per heavy atom. The fourth-order valence-electron chi connectivity index (χ4n) is 1.60. The van der Waals surface area contributed by atoms with Gasteiger partial charge in [-0.15, -0.1) is 11.8 Å². The highest BCUT2D eigenvalue weighted by Gasteiger charge is 2.33. The van der Waals surface area contributed by atoms with Crippen molar-refractivity contribution in [2.75, 3.05) is 5.75 Å². The molecule has 0 bridgehead atoms. The van der Waals surface area contributed by atoms with E-state index >= 15 is 0 Å². The molecule has 1 unspecified atom stereocenters.